The number of hydrogen-bond acceptors (Lipinski definition) is 4. The Morgan fingerprint density at radius 1 is 0.971 bits per heavy atom. The number of hydrogen-bond donors (Lipinski definition) is 1. The second-order valence-electron chi connectivity index (χ2n) is 8.18. The van der Waals surface area contributed by atoms with Crippen molar-refractivity contribution in [3.63, 3.8) is 0 Å². The molecule has 0 aromatic heterocycles. The first-order chi connectivity index (χ1) is 16.3. The van der Waals surface area contributed by atoms with Crippen molar-refractivity contribution < 1.29 is 19.1 Å². The number of nitrogens with one attached hydrogen (secondary N) is 1. The molecular weight excluding hydrogens is 543 g/mol. The van der Waals surface area contributed by atoms with Gasteiger partial charge >= 0.3 is 6.03 Å². The van der Waals surface area contributed by atoms with Crippen molar-refractivity contribution in [1.82, 2.24) is 10.2 Å². The molecule has 4 rings (SSSR count). The summed E-state index contributed by atoms with van der Waals surface area (Å²) in [7, 11) is 1.58. The van der Waals surface area contributed by atoms with Gasteiger partial charge in [-0.05, 0) is 71.3 Å². The molecule has 3 aromatic rings. The number of carbonyl (C=O) groups excluding carboxylic acids is 2. The SMILES string of the molecule is COc1cc(/C=C2/NC(=O)N(Cc3cccc(C)c3)C2=O)cc(I)c1OCc1cccc(C)c1. The first kappa shape index (κ1) is 23.8. The average Bonchev–Trinajstić information content (AvgIpc) is 3.05. The lowest BCUT2D eigenvalue weighted by atomic mass is 10.1. The molecule has 0 aliphatic carbocycles. The second-order valence-corrected chi connectivity index (χ2v) is 9.34. The predicted molar refractivity (Wildman–Crippen MR) is 139 cm³/mol. The smallest absolute Gasteiger partial charge is 0.329 e. The van der Waals surface area contributed by atoms with Gasteiger partial charge < -0.3 is 14.8 Å². The van der Waals surface area contributed by atoms with Crippen molar-refractivity contribution in [2.45, 2.75) is 27.0 Å². The third kappa shape index (κ3) is 5.41. The van der Waals surface area contributed by atoms with E-state index in [1.54, 1.807) is 19.3 Å². The van der Waals surface area contributed by atoms with Crippen molar-refractivity contribution in [2.75, 3.05) is 7.11 Å². The number of rotatable bonds is 7. The molecule has 6 nitrogen and oxygen atoms in total. The molecule has 1 fully saturated rings. The molecule has 34 heavy (non-hydrogen) atoms. The Hall–Kier alpha value is -3.33. The van der Waals surface area contributed by atoms with Crippen LogP contribution in [0.5, 0.6) is 11.5 Å². The third-order valence-corrected chi connectivity index (χ3v) is 6.22. The zero-order chi connectivity index (χ0) is 24.2. The molecule has 3 amide bonds. The zero-order valence-corrected chi connectivity index (χ0v) is 21.4. The van der Waals surface area contributed by atoms with E-state index in [9.17, 15) is 9.59 Å². The van der Waals surface area contributed by atoms with E-state index in [2.05, 4.69) is 34.0 Å². The van der Waals surface area contributed by atoms with Crippen molar-refractivity contribution in [3.8, 4) is 11.5 Å². The molecule has 0 saturated carbocycles. The summed E-state index contributed by atoms with van der Waals surface area (Å²) in [6.45, 7) is 4.65. The van der Waals surface area contributed by atoms with Crippen LogP contribution < -0.4 is 14.8 Å². The van der Waals surface area contributed by atoms with Gasteiger partial charge in [-0.15, -0.1) is 0 Å². The zero-order valence-electron chi connectivity index (χ0n) is 19.2. The van der Waals surface area contributed by atoms with Crippen LogP contribution in [0.15, 0.2) is 66.4 Å². The van der Waals surface area contributed by atoms with Crippen molar-refractivity contribution in [1.29, 1.82) is 0 Å². The Labute approximate surface area is 212 Å². The highest BCUT2D eigenvalue weighted by atomic mass is 127. The van der Waals surface area contributed by atoms with E-state index in [1.165, 1.54) is 10.5 Å². The summed E-state index contributed by atoms with van der Waals surface area (Å²) in [6, 6.07) is 19.1. The minimum Gasteiger partial charge on any atom is -0.493 e. The van der Waals surface area contributed by atoms with Crippen LogP contribution >= 0.6 is 22.6 Å². The molecule has 174 valence electrons. The first-order valence-electron chi connectivity index (χ1n) is 10.8. The van der Waals surface area contributed by atoms with Crippen LogP contribution in [0.2, 0.25) is 0 Å². The van der Waals surface area contributed by atoms with Gasteiger partial charge in [-0.1, -0.05) is 59.7 Å². The molecule has 0 spiro atoms. The maximum atomic E-state index is 12.9. The Morgan fingerprint density at radius 2 is 1.65 bits per heavy atom. The number of carbonyl (C=O) groups is 2. The molecule has 0 bridgehead atoms. The number of halogens is 1. The molecule has 7 heteroatoms. The van der Waals surface area contributed by atoms with Gasteiger partial charge in [0, 0.05) is 0 Å². The quantitative estimate of drug-likeness (QED) is 0.229. The summed E-state index contributed by atoms with van der Waals surface area (Å²) in [5.41, 5.74) is 5.17. The first-order valence-corrected chi connectivity index (χ1v) is 11.9. The van der Waals surface area contributed by atoms with E-state index >= 15 is 0 Å². The van der Waals surface area contributed by atoms with Crippen LogP contribution in [0.25, 0.3) is 6.08 Å². The standard InChI is InChI=1S/C27H25IN2O4/c1-17-6-4-8-19(10-17)15-30-26(31)23(29-27(30)32)13-21-12-22(28)25(24(14-21)33-3)34-16-20-9-5-7-18(2)11-20/h4-14H,15-16H2,1-3H3,(H,29,32)/b23-13+. The van der Waals surface area contributed by atoms with Crippen LogP contribution in [-0.2, 0) is 17.9 Å². The minimum absolute atomic E-state index is 0.219. The van der Waals surface area contributed by atoms with E-state index < -0.39 is 6.03 Å². The normalized spacial score (nSPS) is 14.5. The summed E-state index contributed by atoms with van der Waals surface area (Å²) in [6.07, 6.45) is 1.66. The lowest BCUT2D eigenvalue weighted by molar-refractivity contribution is -0.123. The number of urea groups is 1. The molecule has 0 radical (unpaired) electrons. The highest BCUT2D eigenvalue weighted by Gasteiger charge is 2.33. The van der Waals surface area contributed by atoms with E-state index in [4.69, 9.17) is 9.47 Å². The van der Waals surface area contributed by atoms with Gasteiger partial charge in [0.05, 0.1) is 17.2 Å². The van der Waals surface area contributed by atoms with Gasteiger partial charge in [-0.3, -0.25) is 9.69 Å². The summed E-state index contributed by atoms with van der Waals surface area (Å²) in [4.78, 5) is 26.6. The molecule has 0 unspecified atom stereocenters. The van der Waals surface area contributed by atoms with E-state index in [1.807, 2.05) is 62.4 Å². The summed E-state index contributed by atoms with van der Waals surface area (Å²) >= 11 is 2.19. The number of amides is 3. The molecular formula is C27H25IN2O4. The lowest BCUT2D eigenvalue weighted by Crippen LogP contribution is -2.30. The van der Waals surface area contributed by atoms with Crippen molar-refractivity contribution in [2.24, 2.45) is 0 Å². The molecule has 3 aromatic carbocycles. The topological polar surface area (TPSA) is 67.9 Å². The Morgan fingerprint density at radius 3 is 2.32 bits per heavy atom. The fourth-order valence-corrected chi connectivity index (χ4v) is 4.58. The van der Waals surface area contributed by atoms with Crippen molar-refractivity contribution >= 4 is 40.6 Å². The highest BCUT2D eigenvalue weighted by Crippen LogP contribution is 2.35. The summed E-state index contributed by atoms with van der Waals surface area (Å²) < 4.78 is 12.5. The highest BCUT2D eigenvalue weighted by molar-refractivity contribution is 14.1. The fourth-order valence-electron chi connectivity index (χ4n) is 3.80. The lowest BCUT2D eigenvalue weighted by Gasteiger charge is -2.14. The molecule has 1 saturated heterocycles. The Bertz CT molecular complexity index is 1290. The third-order valence-electron chi connectivity index (χ3n) is 5.41. The van der Waals surface area contributed by atoms with Crippen LogP contribution in [0.4, 0.5) is 4.79 Å². The Kier molecular flexibility index (Phi) is 7.21. The number of benzene rings is 3. The van der Waals surface area contributed by atoms with Crippen LogP contribution in [0.1, 0.15) is 27.8 Å². The maximum absolute atomic E-state index is 12.9. The van der Waals surface area contributed by atoms with E-state index in [-0.39, 0.29) is 18.1 Å². The molecule has 1 aliphatic rings. The van der Waals surface area contributed by atoms with Crippen molar-refractivity contribution in [3.05, 3.63) is 97.7 Å². The number of aryl methyl sites for hydroxylation is 2. The molecule has 1 heterocycles. The van der Waals surface area contributed by atoms with Gasteiger partial charge in [-0.25, -0.2) is 4.79 Å². The predicted octanol–water partition coefficient (Wildman–Crippen LogP) is 5.59. The van der Waals surface area contributed by atoms with Crippen LogP contribution in [0, 0.1) is 17.4 Å². The molecule has 1 N–H and O–H groups in total. The number of imide groups is 1. The minimum atomic E-state index is -0.433. The second kappa shape index (κ2) is 10.3. The Balaban J connectivity index is 1.53. The fraction of sp³-hybridized carbons (Fsp3) is 0.185. The molecule has 1 aliphatic heterocycles. The van der Waals surface area contributed by atoms with Gasteiger partial charge in [0.25, 0.3) is 5.91 Å². The van der Waals surface area contributed by atoms with Crippen LogP contribution in [0.3, 0.4) is 0 Å². The number of nitrogens with zero attached hydrogens (tertiary/aromatic N) is 1. The maximum Gasteiger partial charge on any atom is 0.329 e. The van der Waals surface area contributed by atoms with E-state index in [0.717, 1.165) is 25.8 Å². The summed E-state index contributed by atoms with van der Waals surface area (Å²) in [5.74, 6) is 0.828. The monoisotopic (exact) mass is 568 g/mol. The largest absolute Gasteiger partial charge is 0.493 e. The molecule has 0 atom stereocenters. The van der Waals surface area contributed by atoms with Gasteiger partial charge in [-0.2, -0.15) is 0 Å². The van der Waals surface area contributed by atoms with Gasteiger partial charge in [0.1, 0.15) is 12.3 Å². The van der Waals surface area contributed by atoms with Crippen LogP contribution in [-0.4, -0.2) is 23.9 Å². The number of ether oxygens (including phenoxy) is 2. The average molecular weight is 568 g/mol. The summed E-state index contributed by atoms with van der Waals surface area (Å²) in [5, 5.41) is 2.68. The van der Waals surface area contributed by atoms with E-state index in [0.29, 0.717) is 18.1 Å². The van der Waals surface area contributed by atoms with Gasteiger partial charge in [0.15, 0.2) is 11.5 Å². The van der Waals surface area contributed by atoms with Gasteiger partial charge in [0.2, 0.25) is 0 Å². The number of methoxy groups -OCH3 is 1.